The fraction of sp³-hybridized carbons (Fsp3) is 0.432. The predicted molar refractivity (Wildman–Crippen MR) is 196 cm³/mol. The molecule has 0 heterocycles. The van der Waals surface area contributed by atoms with Crippen molar-refractivity contribution >= 4 is 39.1 Å². The first-order chi connectivity index (χ1) is 24.0. The number of anilines is 1. The molecule has 0 aliphatic rings. The van der Waals surface area contributed by atoms with Crippen molar-refractivity contribution in [3.63, 3.8) is 0 Å². The van der Waals surface area contributed by atoms with Gasteiger partial charge < -0.3 is 21.1 Å². The molecule has 0 radical (unpaired) electrons. The molecule has 4 atom stereocenters. The maximum atomic E-state index is 13.5. The van der Waals surface area contributed by atoms with Gasteiger partial charge in [0.05, 0.1) is 22.8 Å². The number of carbonyl (C=O) groups is 3. The van der Waals surface area contributed by atoms with Crippen LogP contribution < -0.4 is 20.3 Å². The molecular weight excluding hydrogens is 675 g/mol. The lowest BCUT2D eigenvalue weighted by molar-refractivity contribution is -0.385. The van der Waals surface area contributed by atoms with Crippen LogP contribution >= 0.6 is 0 Å². The summed E-state index contributed by atoms with van der Waals surface area (Å²) in [6, 6.07) is 19.4. The molecule has 51 heavy (non-hydrogen) atoms. The van der Waals surface area contributed by atoms with E-state index in [4.69, 9.17) is 0 Å². The van der Waals surface area contributed by atoms with Gasteiger partial charge in [0.2, 0.25) is 21.8 Å². The van der Waals surface area contributed by atoms with Gasteiger partial charge in [-0.3, -0.25) is 28.8 Å². The van der Waals surface area contributed by atoms with E-state index in [0.717, 1.165) is 9.87 Å². The smallest absolute Gasteiger partial charge is 0.273 e. The molecule has 3 aromatic rings. The Labute approximate surface area is 300 Å². The lowest BCUT2D eigenvalue weighted by Crippen LogP contribution is -2.51. The minimum absolute atomic E-state index is 0.00654. The first-order valence-corrected chi connectivity index (χ1v) is 18.5. The zero-order valence-electron chi connectivity index (χ0n) is 29.9. The van der Waals surface area contributed by atoms with Gasteiger partial charge in [-0.1, -0.05) is 89.2 Å². The van der Waals surface area contributed by atoms with Gasteiger partial charge in [-0.15, -0.1) is 0 Å². The average molecular weight is 724 g/mol. The summed E-state index contributed by atoms with van der Waals surface area (Å²) >= 11 is 0. The molecule has 3 unspecified atom stereocenters. The zero-order chi connectivity index (χ0) is 37.9. The van der Waals surface area contributed by atoms with Crippen molar-refractivity contribution in [2.75, 3.05) is 11.4 Å². The number of aliphatic hydroxyl groups is 1. The van der Waals surface area contributed by atoms with Crippen LogP contribution in [0.15, 0.2) is 78.9 Å². The van der Waals surface area contributed by atoms with Crippen molar-refractivity contribution in [2.24, 2.45) is 17.8 Å². The summed E-state index contributed by atoms with van der Waals surface area (Å²) in [4.78, 5) is 50.5. The Balaban J connectivity index is 1.68. The first-order valence-electron chi connectivity index (χ1n) is 16.9. The van der Waals surface area contributed by atoms with E-state index >= 15 is 0 Å². The Bertz CT molecular complexity index is 1770. The molecule has 3 amide bonds. The molecule has 0 saturated carbocycles. The minimum Gasteiger partial charge on any atom is -0.391 e. The molecule has 0 aliphatic heterocycles. The topological polar surface area (TPSA) is 188 Å². The SMILES string of the molecule is CC(C)CC(NC(=O)c1cccc(N(C)S(=O)(=O)Cc2ccccc2[N+](=O)[O-])c1)C(O)CC(C)C(=O)N[C@H](C(=O)NCc1ccccc1)C(C)C. The van der Waals surface area contributed by atoms with E-state index in [9.17, 15) is 38.0 Å². The van der Waals surface area contributed by atoms with Crippen molar-refractivity contribution < 1.29 is 32.8 Å². The number of nitrogens with zero attached hydrogens (tertiary/aromatic N) is 2. The summed E-state index contributed by atoms with van der Waals surface area (Å²) < 4.78 is 27.5. The van der Waals surface area contributed by atoms with Crippen LogP contribution in [0.5, 0.6) is 0 Å². The summed E-state index contributed by atoms with van der Waals surface area (Å²) in [5.74, 6) is -2.73. The second-order valence-electron chi connectivity index (χ2n) is 13.5. The third-order valence-electron chi connectivity index (χ3n) is 8.52. The zero-order valence-corrected chi connectivity index (χ0v) is 30.7. The standard InChI is InChI=1S/C37H49N5O8S/c1-24(2)19-31(33(43)20-26(5)35(44)40-34(25(3)4)37(46)38-22-27-13-8-7-9-14-27)39-36(45)28-16-12-17-30(21-28)41(6)51(49,50)23-29-15-10-11-18-32(29)42(47)48/h7-18,21,24-26,31,33-34,43H,19-20,22-23H2,1-6H3,(H,38,46)(H,39,45)(H,40,44)/t26?,31?,33?,34-/m0/s1. The maximum absolute atomic E-state index is 13.5. The number of hydrogen-bond donors (Lipinski definition) is 4. The van der Waals surface area contributed by atoms with Crippen LogP contribution in [0, 0.1) is 27.9 Å². The Morgan fingerprint density at radius 3 is 2.14 bits per heavy atom. The number of nitrogens with one attached hydrogen (secondary N) is 3. The van der Waals surface area contributed by atoms with Gasteiger partial charge in [-0.2, -0.15) is 0 Å². The van der Waals surface area contributed by atoms with Crippen molar-refractivity contribution in [3.8, 4) is 0 Å². The summed E-state index contributed by atoms with van der Waals surface area (Å²) in [5, 5.41) is 31.2. The number of carbonyl (C=O) groups excluding carboxylic acids is 3. The number of aliphatic hydroxyl groups excluding tert-OH is 1. The Morgan fingerprint density at radius 2 is 1.51 bits per heavy atom. The molecule has 4 N–H and O–H groups in total. The molecule has 13 nitrogen and oxygen atoms in total. The number of nitro benzene ring substituents is 1. The molecule has 0 aromatic heterocycles. The highest BCUT2D eigenvalue weighted by Gasteiger charge is 2.31. The van der Waals surface area contributed by atoms with E-state index in [-0.39, 0.29) is 46.7 Å². The van der Waals surface area contributed by atoms with Crippen LogP contribution in [0.1, 0.15) is 68.9 Å². The van der Waals surface area contributed by atoms with E-state index in [1.54, 1.807) is 6.92 Å². The van der Waals surface area contributed by atoms with Crippen LogP contribution in [0.2, 0.25) is 0 Å². The summed E-state index contributed by atoms with van der Waals surface area (Å²) in [6.45, 7) is 9.49. The number of rotatable bonds is 18. The van der Waals surface area contributed by atoms with E-state index in [1.165, 1.54) is 55.6 Å². The molecule has 0 saturated heterocycles. The fourth-order valence-corrected chi connectivity index (χ4v) is 6.80. The molecule has 3 aromatic carbocycles. The summed E-state index contributed by atoms with van der Waals surface area (Å²) in [7, 11) is -2.78. The van der Waals surface area contributed by atoms with Crippen LogP contribution in [-0.4, -0.2) is 61.4 Å². The second kappa shape index (κ2) is 18.4. The summed E-state index contributed by atoms with van der Waals surface area (Å²) in [5.41, 5.74) is 0.943. The fourth-order valence-electron chi connectivity index (χ4n) is 5.54. The molecule has 3 rings (SSSR count). The lowest BCUT2D eigenvalue weighted by Gasteiger charge is -2.29. The van der Waals surface area contributed by atoms with E-state index < -0.39 is 56.6 Å². The second-order valence-corrected chi connectivity index (χ2v) is 15.5. The third kappa shape index (κ3) is 11.9. The molecule has 0 spiro atoms. The number of nitro groups is 1. The predicted octanol–water partition coefficient (Wildman–Crippen LogP) is 4.55. The molecule has 0 bridgehead atoms. The van der Waals surface area contributed by atoms with Crippen molar-refractivity contribution in [1.29, 1.82) is 0 Å². The quantitative estimate of drug-likeness (QED) is 0.109. The number of para-hydroxylation sites is 1. The van der Waals surface area contributed by atoms with Gasteiger partial charge in [0, 0.05) is 36.7 Å². The first kappa shape index (κ1) is 40.6. The number of hydrogen-bond acceptors (Lipinski definition) is 8. The highest BCUT2D eigenvalue weighted by Crippen LogP contribution is 2.25. The number of sulfonamides is 1. The monoisotopic (exact) mass is 723 g/mol. The Hall–Kier alpha value is -4.82. The highest BCUT2D eigenvalue weighted by molar-refractivity contribution is 7.92. The lowest BCUT2D eigenvalue weighted by atomic mass is 9.91. The van der Waals surface area contributed by atoms with E-state index in [1.807, 2.05) is 58.0 Å². The molecule has 14 heteroatoms. The Kier molecular flexibility index (Phi) is 14.7. The summed E-state index contributed by atoms with van der Waals surface area (Å²) in [6.07, 6.45) is -0.719. The van der Waals surface area contributed by atoms with Gasteiger partial charge >= 0.3 is 0 Å². The van der Waals surface area contributed by atoms with Crippen LogP contribution in [0.3, 0.4) is 0 Å². The Morgan fingerprint density at radius 1 is 0.863 bits per heavy atom. The largest absolute Gasteiger partial charge is 0.391 e. The average Bonchev–Trinajstić information content (AvgIpc) is 3.08. The minimum atomic E-state index is -4.08. The molecular formula is C37H49N5O8S. The van der Waals surface area contributed by atoms with Gasteiger partial charge in [0.25, 0.3) is 11.6 Å². The third-order valence-corrected chi connectivity index (χ3v) is 10.2. The highest BCUT2D eigenvalue weighted by atomic mass is 32.2. The maximum Gasteiger partial charge on any atom is 0.273 e. The molecule has 276 valence electrons. The normalized spacial score (nSPS) is 13.9. The van der Waals surface area contributed by atoms with Crippen molar-refractivity contribution in [2.45, 2.75) is 77.9 Å². The van der Waals surface area contributed by atoms with Crippen molar-refractivity contribution in [1.82, 2.24) is 16.0 Å². The van der Waals surface area contributed by atoms with Crippen LogP contribution in [0.25, 0.3) is 0 Å². The van der Waals surface area contributed by atoms with E-state index in [0.29, 0.717) is 13.0 Å². The number of benzene rings is 3. The van der Waals surface area contributed by atoms with Crippen LogP contribution in [0.4, 0.5) is 11.4 Å². The van der Waals surface area contributed by atoms with Gasteiger partial charge in [-0.25, -0.2) is 8.42 Å². The van der Waals surface area contributed by atoms with Gasteiger partial charge in [-0.05, 0) is 48.4 Å². The van der Waals surface area contributed by atoms with Gasteiger partial charge in [0.1, 0.15) is 11.8 Å². The van der Waals surface area contributed by atoms with E-state index in [2.05, 4.69) is 16.0 Å². The molecule has 0 fully saturated rings. The van der Waals surface area contributed by atoms with Crippen LogP contribution in [-0.2, 0) is 31.9 Å². The molecule has 0 aliphatic carbocycles. The van der Waals surface area contributed by atoms with Gasteiger partial charge in [0.15, 0.2) is 0 Å². The number of amides is 3. The van der Waals surface area contributed by atoms with Crippen molar-refractivity contribution in [3.05, 3.63) is 106 Å².